The van der Waals surface area contributed by atoms with Gasteiger partial charge in [-0.15, -0.1) is 6.58 Å². The minimum Gasteiger partial charge on any atom is -0.468 e. The van der Waals surface area contributed by atoms with Crippen LogP contribution >= 0.6 is 11.3 Å². The maximum absolute atomic E-state index is 10.2. The molecule has 2 rings (SSSR count). The number of nitrogens with zero attached hydrogens (tertiary/aromatic N) is 1. The summed E-state index contributed by atoms with van der Waals surface area (Å²) in [5.74, 6) is 0.898. The smallest absolute Gasteiger partial charge is 0.117 e. The lowest BCUT2D eigenvalue weighted by molar-refractivity contribution is 0.0529. The lowest BCUT2D eigenvalue weighted by Gasteiger charge is -2.28. The van der Waals surface area contributed by atoms with Crippen LogP contribution in [0.4, 0.5) is 0 Å². The van der Waals surface area contributed by atoms with E-state index in [2.05, 4.69) is 28.3 Å². The fourth-order valence-corrected chi connectivity index (χ4v) is 2.61. The Labute approximate surface area is 117 Å². The van der Waals surface area contributed by atoms with Gasteiger partial charge in [0.05, 0.1) is 18.4 Å². The number of hydrogen-bond donors (Lipinski definition) is 1. The van der Waals surface area contributed by atoms with Gasteiger partial charge in [-0.05, 0) is 41.4 Å². The van der Waals surface area contributed by atoms with E-state index in [9.17, 15) is 5.11 Å². The third-order valence-corrected chi connectivity index (χ3v) is 3.66. The van der Waals surface area contributed by atoms with E-state index in [1.807, 2.05) is 12.1 Å². The molecule has 0 saturated heterocycles. The quantitative estimate of drug-likeness (QED) is 0.789. The second kappa shape index (κ2) is 6.19. The van der Waals surface area contributed by atoms with E-state index in [4.69, 9.17) is 4.42 Å². The van der Waals surface area contributed by atoms with E-state index >= 15 is 0 Å². The normalized spacial score (nSPS) is 14.5. The highest BCUT2D eigenvalue weighted by atomic mass is 32.1. The van der Waals surface area contributed by atoms with Crippen molar-refractivity contribution in [2.45, 2.75) is 25.6 Å². The number of thiophene rings is 1. The third kappa shape index (κ3) is 4.35. The van der Waals surface area contributed by atoms with Crippen molar-refractivity contribution >= 4 is 11.3 Å². The molecule has 19 heavy (non-hydrogen) atoms. The molecule has 2 heterocycles. The summed E-state index contributed by atoms with van der Waals surface area (Å²) < 4.78 is 5.38. The van der Waals surface area contributed by atoms with Crippen molar-refractivity contribution in [3.8, 4) is 0 Å². The average Bonchev–Trinajstić information content (AvgIpc) is 3.02. The van der Waals surface area contributed by atoms with Gasteiger partial charge >= 0.3 is 0 Å². The Bertz CT molecular complexity index is 452. The van der Waals surface area contributed by atoms with E-state index in [1.165, 1.54) is 5.56 Å². The van der Waals surface area contributed by atoms with Crippen molar-refractivity contribution in [2.75, 3.05) is 6.54 Å². The van der Waals surface area contributed by atoms with Crippen LogP contribution in [-0.2, 0) is 13.1 Å². The Kier molecular flexibility index (Phi) is 4.58. The second-order valence-electron chi connectivity index (χ2n) is 4.92. The third-order valence-electron chi connectivity index (χ3n) is 2.93. The Balaban J connectivity index is 2.06. The van der Waals surface area contributed by atoms with Gasteiger partial charge in [-0.25, -0.2) is 0 Å². The first-order valence-electron chi connectivity index (χ1n) is 6.21. The first-order chi connectivity index (χ1) is 9.09. The molecule has 4 heteroatoms. The van der Waals surface area contributed by atoms with Gasteiger partial charge < -0.3 is 9.52 Å². The SMILES string of the molecule is C=CC(C)(O)CN(Cc1ccsc1)Cc1ccco1. The van der Waals surface area contributed by atoms with Crippen molar-refractivity contribution in [3.05, 3.63) is 59.2 Å². The van der Waals surface area contributed by atoms with Crippen LogP contribution in [-0.4, -0.2) is 22.2 Å². The number of rotatable bonds is 7. The molecule has 0 amide bonds. The van der Waals surface area contributed by atoms with E-state index in [0.717, 1.165) is 12.3 Å². The molecule has 1 unspecified atom stereocenters. The highest BCUT2D eigenvalue weighted by Gasteiger charge is 2.21. The standard InChI is InChI=1S/C15H19NO2S/c1-3-15(2,17)12-16(9-13-6-8-19-11-13)10-14-5-4-7-18-14/h3-8,11,17H,1,9-10,12H2,2H3. The van der Waals surface area contributed by atoms with Gasteiger partial charge in [0, 0.05) is 13.1 Å². The van der Waals surface area contributed by atoms with Crippen LogP contribution < -0.4 is 0 Å². The summed E-state index contributed by atoms with van der Waals surface area (Å²) in [7, 11) is 0. The largest absolute Gasteiger partial charge is 0.468 e. The Morgan fingerprint density at radius 1 is 1.47 bits per heavy atom. The van der Waals surface area contributed by atoms with Crippen LogP contribution in [0.1, 0.15) is 18.2 Å². The van der Waals surface area contributed by atoms with Gasteiger partial charge in [0.25, 0.3) is 0 Å². The molecule has 0 bridgehead atoms. The van der Waals surface area contributed by atoms with Crippen molar-refractivity contribution in [1.29, 1.82) is 0 Å². The molecule has 0 aliphatic heterocycles. The van der Waals surface area contributed by atoms with Gasteiger partial charge in [0.2, 0.25) is 0 Å². The molecule has 1 N–H and O–H groups in total. The van der Waals surface area contributed by atoms with Crippen LogP contribution in [0.2, 0.25) is 0 Å². The molecule has 3 nitrogen and oxygen atoms in total. The fourth-order valence-electron chi connectivity index (χ4n) is 1.95. The fraction of sp³-hybridized carbons (Fsp3) is 0.333. The predicted octanol–water partition coefficient (Wildman–Crippen LogP) is 3.28. The summed E-state index contributed by atoms with van der Waals surface area (Å²) in [6, 6.07) is 5.93. The highest BCUT2D eigenvalue weighted by Crippen LogP contribution is 2.16. The topological polar surface area (TPSA) is 36.6 Å². The molecule has 0 spiro atoms. The van der Waals surface area contributed by atoms with Crippen molar-refractivity contribution in [3.63, 3.8) is 0 Å². The van der Waals surface area contributed by atoms with E-state index in [0.29, 0.717) is 13.1 Å². The van der Waals surface area contributed by atoms with Gasteiger partial charge in [-0.2, -0.15) is 11.3 Å². The maximum Gasteiger partial charge on any atom is 0.117 e. The first kappa shape index (κ1) is 14.1. The van der Waals surface area contributed by atoms with Crippen molar-refractivity contribution < 1.29 is 9.52 Å². The van der Waals surface area contributed by atoms with Crippen LogP contribution in [0, 0.1) is 0 Å². The van der Waals surface area contributed by atoms with E-state index in [-0.39, 0.29) is 0 Å². The van der Waals surface area contributed by atoms with E-state index < -0.39 is 5.60 Å². The maximum atomic E-state index is 10.2. The molecular weight excluding hydrogens is 258 g/mol. The number of furan rings is 1. The van der Waals surface area contributed by atoms with Crippen molar-refractivity contribution in [2.24, 2.45) is 0 Å². The zero-order chi connectivity index (χ0) is 13.7. The van der Waals surface area contributed by atoms with Gasteiger partial charge in [-0.1, -0.05) is 6.08 Å². The molecule has 2 aromatic rings. The molecule has 0 aliphatic rings. The monoisotopic (exact) mass is 277 g/mol. The zero-order valence-corrected chi connectivity index (χ0v) is 11.9. The summed E-state index contributed by atoms with van der Waals surface area (Å²) >= 11 is 1.68. The Morgan fingerprint density at radius 2 is 2.32 bits per heavy atom. The zero-order valence-electron chi connectivity index (χ0n) is 11.1. The minimum absolute atomic E-state index is 0.521. The highest BCUT2D eigenvalue weighted by molar-refractivity contribution is 7.07. The Hall–Kier alpha value is -1.36. The van der Waals surface area contributed by atoms with Crippen LogP contribution in [0.25, 0.3) is 0 Å². The van der Waals surface area contributed by atoms with Gasteiger partial charge in [-0.3, -0.25) is 4.90 Å². The molecule has 0 radical (unpaired) electrons. The first-order valence-corrected chi connectivity index (χ1v) is 7.15. The van der Waals surface area contributed by atoms with E-state index in [1.54, 1.807) is 30.6 Å². The summed E-state index contributed by atoms with van der Waals surface area (Å²) in [6.45, 7) is 7.43. The lowest BCUT2D eigenvalue weighted by Crippen LogP contribution is -2.38. The van der Waals surface area contributed by atoms with Crippen LogP contribution in [0.5, 0.6) is 0 Å². The molecule has 2 aromatic heterocycles. The lowest BCUT2D eigenvalue weighted by atomic mass is 10.1. The molecular formula is C15H19NO2S. The van der Waals surface area contributed by atoms with Crippen molar-refractivity contribution in [1.82, 2.24) is 4.90 Å². The van der Waals surface area contributed by atoms with Gasteiger partial charge in [0.15, 0.2) is 0 Å². The Morgan fingerprint density at radius 3 is 2.89 bits per heavy atom. The van der Waals surface area contributed by atoms with Gasteiger partial charge in [0.1, 0.15) is 5.76 Å². The molecule has 0 aromatic carbocycles. The molecule has 0 aliphatic carbocycles. The second-order valence-corrected chi connectivity index (χ2v) is 5.70. The number of hydrogen-bond acceptors (Lipinski definition) is 4. The average molecular weight is 277 g/mol. The molecule has 102 valence electrons. The predicted molar refractivity (Wildman–Crippen MR) is 78.0 cm³/mol. The summed E-state index contributed by atoms with van der Waals surface area (Å²) in [5, 5.41) is 14.3. The van der Waals surface area contributed by atoms with Crippen LogP contribution in [0.3, 0.4) is 0 Å². The molecule has 1 atom stereocenters. The summed E-state index contributed by atoms with van der Waals surface area (Å²) in [6.07, 6.45) is 3.25. The number of aliphatic hydroxyl groups is 1. The summed E-state index contributed by atoms with van der Waals surface area (Å²) in [5.41, 5.74) is 0.346. The molecule has 0 fully saturated rings. The summed E-state index contributed by atoms with van der Waals surface area (Å²) in [4.78, 5) is 2.16. The van der Waals surface area contributed by atoms with Crippen LogP contribution in [0.15, 0.2) is 52.3 Å². The minimum atomic E-state index is -0.900. The molecule has 0 saturated carbocycles.